The van der Waals surface area contributed by atoms with Crippen LogP contribution in [0, 0.1) is 11.3 Å². The highest BCUT2D eigenvalue weighted by atomic mass is 16.3. The number of hydrogen-bond acceptors (Lipinski definition) is 3. The number of benzene rings is 1. The second-order valence-corrected chi connectivity index (χ2v) is 6.66. The van der Waals surface area contributed by atoms with Gasteiger partial charge in [0.15, 0.2) is 0 Å². The van der Waals surface area contributed by atoms with Gasteiger partial charge in [-0.05, 0) is 49.9 Å². The number of rotatable bonds is 4. The van der Waals surface area contributed by atoms with Gasteiger partial charge in [0.25, 0.3) is 0 Å². The minimum atomic E-state index is 0.234. The maximum Gasteiger partial charge on any atom is 0.223 e. The Balaban J connectivity index is 1.29. The van der Waals surface area contributed by atoms with Gasteiger partial charge in [-0.25, -0.2) is 0 Å². The predicted molar refractivity (Wildman–Crippen MR) is 85.6 cm³/mol. The number of hydrogen-bond donors (Lipinski definition) is 2. The largest absolute Gasteiger partial charge is 0.461 e. The number of fused-ring (bicyclic) bond motifs is 1. The fraction of sp³-hybridized carbons (Fsp3) is 0.500. The number of carbonyl (C=O) groups is 1. The molecule has 1 aliphatic heterocycles. The molecule has 116 valence electrons. The Morgan fingerprint density at radius 1 is 1.32 bits per heavy atom. The molecule has 0 radical (unpaired) electrons. The number of piperidine rings is 1. The molecule has 0 bridgehead atoms. The molecule has 2 aliphatic rings. The van der Waals surface area contributed by atoms with Crippen molar-refractivity contribution in [3.05, 3.63) is 36.1 Å². The molecular weight excluding hydrogens is 276 g/mol. The van der Waals surface area contributed by atoms with Crippen LogP contribution in [0.4, 0.5) is 0 Å². The van der Waals surface area contributed by atoms with E-state index in [-0.39, 0.29) is 11.8 Å². The van der Waals surface area contributed by atoms with E-state index in [0.717, 1.165) is 55.5 Å². The molecule has 1 aromatic heterocycles. The first-order chi connectivity index (χ1) is 10.8. The van der Waals surface area contributed by atoms with Crippen molar-refractivity contribution in [2.45, 2.75) is 25.7 Å². The molecule has 1 saturated heterocycles. The lowest BCUT2D eigenvalue weighted by Gasteiger charge is -2.23. The van der Waals surface area contributed by atoms with Crippen molar-refractivity contribution >= 4 is 16.9 Å². The monoisotopic (exact) mass is 298 g/mol. The minimum absolute atomic E-state index is 0.234. The summed E-state index contributed by atoms with van der Waals surface area (Å²) in [7, 11) is 0. The Morgan fingerprint density at radius 3 is 2.95 bits per heavy atom. The van der Waals surface area contributed by atoms with E-state index in [1.54, 1.807) is 0 Å². The van der Waals surface area contributed by atoms with Crippen LogP contribution in [0.2, 0.25) is 0 Å². The summed E-state index contributed by atoms with van der Waals surface area (Å²) in [5.41, 5.74) is 1.23. The molecule has 1 unspecified atom stereocenters. The summed E-state index contributed by atoms with van der Waals surface area (Å²) < 4.78 is 5.78. The second kappa shape index (κ2) is 5.43. The maximum atomic E-state index is 12.3. The Labute approximate surface area is 130 Å². The van der Waals surface area contributed by atoms with E-state index in [2.05, 4.69) is 16.7 Å². The minimum Gasteiger partial charge on any atom is -0.461 e. The summed E-state index contributed by atoms with van der Waals surface area (Å²) in [6.07, 6.45) is 4.12. The number of furan rings is 1. The topological polar surface area (TPSA) is 54.3 Å². The molecule has 1 saturated carbocycles. The fourth-order valence-electron chi connectivity index (χ4n) is 3.79. The Bertz CT molecular complexity index is 652. The first-order valence-electron chi connectivity index (χ1n) is 8.23. The Morgan fingerprint density at radius 2 is 2.14 bits per heavy atom. The van der Waals surface area contributed by atoms with Crippen molar-refractivity contribution in [3.8, 4) is 0 Å². The van der Waals surface area contributed by atoms with Crippen LogP contribution >= 0.6 is 0 Å². The summed E-state index contributed by atoms with van der Waals surface area (Å²) in [6.45, 7) is 2.77. The van der Waals surface area contributed by atoms with Crippen molar-refractivity contribution in [2.24, 2.45) is 11.3 Å². The molecule has 2 heterocycles. The Hall–Kier alpha value is -1.81. The van der Waals surface area contributed by atoms with Gasteiger partial charge in [0, 0.05) is 24.3 Å². The van der Waals surface area contributed by atoms with E-state index in [1.165, 1.54) is 0 Å². The zero-order chi connectivity index (χ0) is 15.0. The third-order valence-corrected chi connectivity index (χ3v) is 5.25. The molecule has 2 N–H and O–H groups in total. The van der Waals surface area contributed by atoms with Crippen molar-refractivity contribution in [1.82, 2.24) is 10.6 Å². The molecule has 4 nitrogen and oxygen atoms in total. The van der Waals surface area contributed by atoms with E-state index < -0.39 is 0 Å². The van der Waals surface area contributed by atoms with Crippen molar-refractivity contribution in [3.63, 3.8) is 0 Å². The van der Waals surface area contributed by atoms with Gasteiger partial charge in [-0.3, -0.25) is 4.79 Å². The second-order valence-electron chi connectivity index (χ2n) is 6.66. The first-order valence-corrected chi connectivity index (χ1v) is 8.23. The molecule has 1 amide bonds. The van der Waals surface area contributed by atoms with Gasteiger partial charge in [-0.1, -0.05) is 18.2 Å². The van der Waals surface area contributed by atoms with Crippen molar-refractivity contribution in [1.29, 1.82) is 0 Å². The number of amides is 1. The van der Waals surface area contributed by atoms with Gasteiger partial charge in [-0.15, -0.1) is 0 Å². The highest BCUT2D eigenvalue weighted by Gasteiger charge is 2.57. The van der Waals surface area contributed by atoms with E-state index in [0.29, 0.717) is 12.0 Å². The van der Waals surface area contributed by atoms with Crippen molar-refractivity contribution < 1.29 is 9.21 Å². The summed E-state index contributed by atoms with van der Waals surface area (Å²) in [6, 6.07) is 10.1. The quantitative estimate of drug-likeness (QED) is 0.912. The van der Waals surface area contributed by atoms with E-state index >= 15 is 0 Å². The third kappa shape index (κ3) is 2.52. The van der Waals surface area contributed by atoms with Gasteiger partial charge in [0.1, 0.15) is 11.3 Å². The molecule has 1 spiro atoms. The predicted octanol–water partition coefficient (Wildman–Crippen LogP) is 2.48. The van der Waals surface area contributed by atoms with Crippen LogP contribution in [0.3, 0.4) is 0 Å². The number of nitrogens with one attached hydrogen (secondary N) is 2. The standard InChI is InChI=1S/C18H22N2O2/c21-17(15-12-18(15)6-9-19-10-7-18)20-8-5-14-11-13-3-1-2-4-16(13)22-14/h1-4,11,15,19H,5-10,12H2,(H,20,21). The maximum absolute atomic E-state index is 12.3. The lowest BCUT2D eigenvalue weighted by molar-refractivity contribution is -0.123. The molecule has 4 heteroatoms. The molecule has 2 fully saturated rings. The van der Waals surface area contributed by atoms with Crippen LogP contribution in [-0.2, 0) is 11.2 Å². The average molecular weight is 298 g/mol. The zero-order valence-electron chi connectivity index (χ0n) is 12.7. The van der Waals surface area contributed by atoms with Crippen LogP contribution in [0.25, 0.3) is 11.0 Å². The van der Waals surface area contributed by atoms with Gasteiger partial charge in [0.05, 0.1) is 0 Å². The first kappa shape index (κ1) is 13.8. The molecule has 4 rings (SSSR count). The summed E-state index contributed by atoms with van der Waals surface area (Å²) in [4.78, 5) is 12.3. The zero-order valence-corrected chi connectivity index (χ0v) is 12.7. The summed E-state index contributed by atoms with van der Waals surface area (Å²) in [5.74, 6) is 1.41. The number of para-hydroxylation sites is 1. The van der Waals surface area contributed by atoms with E-state index in [4.69, 9.17) is 4.42 Å². The molecule has 2 aromatic rings. The van der Waals surface area contributed by atoms with Crippen LogP contribution in [0.5, 0.6) is 0 Å². The molecule has 1 aliphatic carbocycles. The fourth-order valence-corrected chi connectivity index (χ4v) is 3.79. The lowest BCUT2D eigenvalue weighted by Crippen LogP contribution is -2.34. The summed E-state index contributed by atoms with van der Waals surface area (Å²) in [5, 5.41) is 7.59. The van der Waals surface area contributed by atoms with Crippen LogP contribution < -0.4 is 10.6 Å². The smallest absolute Gasteiger partial charge is 0.223 e. The highest BCUT2D eigenvalue weighted by molar-refractivity contribution is 5.82. The van der Waals surface area contributed by atoms with Gasteiger partial charge < -0.3 is 15.1 Å². The van der Waals surface area contributed by atoms with Gasteiger partial charge >= 0.3 is 0 Å². The average Bonchev–Trinajstić information content (AvgIpc) is 3.06. The Kier molecular flexibility index (Phi) is 3.41. The molecule has 22 heavy (non-hydrogen) atoms. The van der Waals surface area contributed by atoms with E-state index in [9.17, 15) is 4.79 Å². The molecule has 1 atom stereocenters. The molecule has 1 aromatic carbocycles. The highest BCUT2D eigenvalue weighted by Crippen LogP contribution is 2.58. The third-order valence-electron chi connectivity index (χ3n) is 5.25. The normalized spacial score (nSPS) is 22.8. The van der Waals surface area contributed by atoms with Crippen LogP contribution in [0.1, 0.15) is 25.0 Å². The number of carbonyl (C=O) groups excluding carboxylic acids is 1. The SMILES string of the molecule is O=C(NCCc1cc2ccccc2o1)C1CC12CCNCC2. The van der Waals surface area contributed by atoms with Crippen LogP contribution in [-0.4, -0.2) is 25.5 Å². The van der Waals surface area contributed by atoms with Gasteiger partial charge in [-0.2, -0.15) is 0 Å². The van der Waals surface area contributed by atoms with Gasteiger partial charge in [0.2, 0.25) is 5.91 Å². The van der Waals surface area contributed by atoms with Crippen LogP contribution in [0.15, 0.2) is 34.7 Å². The lowest BCUT2D eigenvalue weighted by atomic mass is 9.92. The molecular formula is C18H22N2O2. The van der Waals surface area contributed by atoms with Crippen molar-refractivity contribution in [2.75, 3.05) is 19.6 Å². The van der Waals surface area contributed by atoms with E-state index in [1.807, 2.05) is 24.3 Å². The summed E-state index contributed by atoms with van der Waals surface area (Å²) >= 11 is 0.